The van der Waals surface area contributed by atoms with E-state index in [9.17, 15) is 0 Å². The van der Waals surface area contributed by atoms with Crippen LogP contribution in [0, 0.1) is 0 Å². The van der Waals surface area contributed by atoms with E-state index in [0.29, 0.717) is 6.61 Å². The highest BCUT2D eigenvalue weighted by molar-refractivity contribution is 7.09. The Balaban J connectivity index is 1.65. The Morgan fingerprint density at radius 2 is 2.39 bits per heavy atom. The smallest absolute Gasteiger partial charge is 0.129 e. The molecule has 2 aromatic heterocycles. The lowest BCUT2D eigenvalue weighted by atomic mass is 10.3. The lowest BCUT2D eigenvalue weighted by Gasteiger charge is -2.00. The summed E-state index contributed by atoms with van der Waals surface area (Å²) < 4.78 is 11.0. The van der Waals surface area contributed by atoms with Gasteiger partial charge in [0.1, 0.15) is 12.4 Å². The molecule has 0 unspecified atom stereocenters. The Morgan fingerprint density at radius 1 is 1.44 bits per heavy atom. The van der Waals surface area contributed by atoms with Crippen molar-refractivity contribution in [2.75, 3.05) is 13.2 Å². The fourth-order valence-electron chi connectivity index (χ4n) is 1.66. The number of furan rings is 1. The van der Waals surface area contributed by atoms with Crippen LogP contribution >= 0.6 is 11.3 Å². The minimum atomic E-state index is 0.553. The molecule has 0 radical (unpaired) electrons. The predicted octanol–water partition coefficient (Wildman–Crippen LogP) is 3.21. The highest BCUT2D eigenvalue weighted by Crippen LogP contribution is 2.11. The van der Waals surface area contributed by atoms with Crippen molar-refractivity contribution in [3.05, 3.63) is 46.0 Å². The maximum absolute atomic E-state index is 5.60. The van der Waals surface area contributed by atoms with Crippen molar-refractivity contribution in [3.63, 3.8) is 0 Å². The number of hydrogen-bond donors (Lipinski definition) is 1. The Morgan fingerprint density at radius 3 is 3.17 bits per heavy atom. The first-order chi connectivity index (χ1) is 8.88. The molecule has 0 saturated carbocycles. The van der Waals surface area contributed by atoms with Crippen LogP contribution in [0.15, 0.2) is 34.3 Å². The molecule has 2 aromatic rings. The Bertz CT molecular complexity index is 436. The average Bonchev–Trinajstić information content (AvgIpc) is 3.04. The molecule has 0 fully saturated rings. The maximum Gasteiger partial charge on any atom is 0.129 e. The van der Waals surface area contributed by atoms with Crippen LogP contribution in [0.3, 0.4) is 0 Å². The Hall–Kier alpha value is -1.10. The molecule has 18 heavy (non-hydrogen) atoms. The molecule has 2 rings (SSSR count). The number of hydrogen-bond acceptors (Lipinski definition) is 4. The zero-order valence-corrected chi connectivity index (χ0v) is 11.5. The van der Waals surface area contributed by atoms with Crippen molar-refractivity contribution in [1.29, 1.82) is 0 Å². The van der Waals surface area contributed by atoms with Gasteiger partial charge in [0, 0.05) is 23.4 Å². The van der Waals surface area contributed by atoms with Gasteiger partial charge in [0.2, 0.25) is 0 Å². The monoisotopic (exact) mass is 265 g/mol. The molecule has 0 amide bonds. The summed E-state index contributed by atoms with van der Waals surface area (Å²) in [6.07, 6.45) is 2.77. The van der Waals surface area contributed by atoms with Crippen LogP contribution in [0.2, 0.25) is 0 Å². The molecule has 0 bridgehead atoms. The van der Waals surface area contributed by atoms with E-state index in [4.69, 9.17) is 9.15 Å². The summed E-state index contributed by atoms with van der Waals surface area (Å²) >= 11 is 1.77. The summed E-state index contributed by atoms with van der Waals surface area (Å²) in [5.41, 5.74) is 1.17. The SMILES string of the molecule is CCNCc1coc(COCCc2cccs2)c1. The molecule has 2 heterocycles. The molecule has 0 aliphatic carbocycles. The number of nitrogens with one attached hydrogen (secondary N) is 1. The van der Waals surface area contributed by atoms with E-state index in [0.717, 1.165) is 31.9 Å². The van der Waals surface area contributed by atoms with E-state index in [2.05, 4.69) is 29.8 Å². The van der Waals surface area contributed by atoms with E-state index in [1.165, 1.54) is 10.4 Å². The summed E-state index contributed by atoms with van der Waals surface area (Å²) in [7, 11) is 0. The van der Waals surface area contributed by atoms with Gasteiger partial charge >= 0.3 is 0 Å². The normalized spacial score (nSPS) is 10.9. The van der Waals surface area contributed by atoms with Crippen molar-refractivity contribution in [1.82, 2.24) is 5.32 Å². The van der Waals surface area contributed by atoms with E-state index in [-0.39, 0.29) is 0 Å². The topological polar surface area (TPSA) is 34.4 Å². The molecule has 1 N–H and O–H groups in total. The quantitative estimate of drug-likeness (QED) is 0.744. The molecule has 3 nitrogen and oxygen atoms in total. The Labute approximate surface area is 112 Å². The second-order valence-corrected chi connectivity index (χ2v) is 5.12. The molecule has 0 aromatic carbocycles. The zero-order valence-electron chi connectivity index (χ0n) is 10.6. The van der Waals surface area contributed by atoms with Crippen LogP contribution in [0.4, 0.5) is 0 Å². The van der Waals surface area contributed by atoms with Gasteiger partial charge in [-0.05, 0) is 24.1 Å². The van der Waals surface area contributed by atoms with E-state index >= 15 is 0 Å². The van der Waals surface area contributed by atoms with Crippen molar-refractivity contribution in [3.8, 4) is 0 Å². The summed E-state index contributed by atoms with van der Waals surface area (Å²) in [4.78, 5) is 1.36. The second-order valence-electron chi connectivity index (χ2n) is 4.08. The summed E-state index contributed by atoms with van der Waals surface area (Å²) in [5.74, 6) is 0.897. The molecule has 0 atom stereocenters. The van der Waals surface area contributed by atoms with Gasteiger partial charge in [-0.1, -0.05) is 13.0 Å². The minimum absolute atomic E-state index is 0.553. The van der Waals surface area contributed by atoms with Gasteiger partial charge in [-0.15, -0.1) is 11.3 Å². The molecule has 0 aliphatic heterocycles. The van der Waals surface area contributed by atoms with Crippen molar-refractivity contribution >= 4 is 11.3 Å². The summed E-state index contributed by atoms with van der Waals surface area (Å²) in [6, 6.07) is 6.25. The van der Waals surface area contributed by atoms with Crippen molar-refractivity contribution in [2.45, 2.75) is 26.5 Å². The van der Waals surface area contributed by atoms with E-state index in [1.807, 2.05) is 6.07 Å². The highest BCUT2D eigenvalue weighted by atomic mass is 32.1. The van der Waals surface area contributed by atoms with Crippen LogP contribution in [-0.4, -0.2) is 13.2 Å². The number of thiophene rings is 1. The van der Waals surface area contributed by atoms with Crippen molar-refractivity contribution in [2.24, 2.45) is 0 Å². The number of ether oxygens (including phenoxy) is 1. The highest BCUT2D eigenvalue weighted by Gasteiger charge is 2.02. The fraction of sp³-hybridized carbons (Fsp3) is 0.429. The van der Waals surface area contributed by atoms with Gasteiger partial charge in [-0.3, -0.25) is 0 Å². The fourth-order valence-corrected chi connectivity index (χ4v) is 2.35. The third-order valence-corrected chi connectivity index (χ3v) is 3.54. The Kier molecular flexibility index (Phi) is 5.45. The third-order valence-electron chi connectivity index (χ3n) is 2.60. The van der Waals surface area contributed by atoms with Crippen molar-refractivity contribution < 1.29 is 9.15 Å². The first-order valence-corrected chi connectivity index (χ1v) is 7.13. The largest absolute Gasteiger partial charge is 0.467 e. The van der Waals surface area contributed by atoms with E-state index < -0.39 is 0 Å². The van der Waals surface area contributed by atoms with Crippen LogP contribution in [-0.2, 0) is 24.3 Å². The summed E-state index contributed by atoms with van der Waals surface area (Å²) in [6.45, 7) is 5.21. The lowest BCUT2D eigenvalue weighted by molar-refractivity contribution is 0.109. The van der Waals surface area contributed by atoms with Gasteiger partial charge in [-0.25, -0.2) is 0 Å². The predicted molar refractivity (Wildman–Crippen MR) is 73.8 cm³/mol. The van der Waals surface area contributed by atoms with Gasteiger partial charge in [0.05, 0.1) is 12.9 Å². The molecule has 0 saturated heterocycles. The van der Waals surface area contributed by atoms with Crippen LogP contribution in [0.5, 0.6) is 0 Å². The minimum Gasteiger partial charge on any atom is -0.467 e. The van der Waals surface area contributed by atoms with Crippen LogP contribution < -0.4 is 5.32 Å². The average molecular weight is 265 g/mol. The van der Waals surface area contributed by atoms with Crippen LogP contribution in [0.1, 0.15) is 23.1 Å². The third kappa shape index (κ3) is 4.29. The van der Waals surface area contributed by atoms with E-state index in [1.54, 1.807) is 17.6 Å². The van der Waals surface area contributed by atoms with Gasteiger partial charge in [0.25, 0.3) is 0 Å². The lowest BCUT2D eigenvalue weighted by Crippen LogP contribution is -2.10. The van der Waals surface area contributed by atoms with Gasteiger partial charge in [0.15, 0.2) is 0 Å². The molecular formula is C14H19NO2S. The standard InChI is InChI=1S/C14H19NO2S/c1-2-15-9-12-8-13(17-10-12)11-16-6-5-14-4-3-7-18-14/h3-4,7-8,10,15H,2,5-6,9,11H2,1H3. The van der Waals surface area contributed by atoms with Crippen LogP contribution in [0.25, 0.3) is 0 Å². The first-order valence-electron chi connectivity index (χ1n) is 6.25. The molecular weight excluding hydrogens is 246 g/mol. The molecule has 0 aliphatic rings. The maximum atomic E-state index is 5.60. The molecule has 0 spiro atoms. The molecule has 98 valence electrons. The number of rotatable bonds is 8. The van der Waals surface area contributed by atoms with Gasteiger partial charge < -0.3 is 14.5 Å². The second kappa shape index (κ2) is 7.36. The molecule has 4 heteroatoms. The van der Waals surface area contributed by atoms with Gasteiger partial charge in [-0.2, -0.15) is 0 Å². The summed E-state index contributed by atoms with van der Waals surface area (Å²) in [5, 5.41) is 5.36. The first kappa shape index (κ1) is 13.3. The zero-order chi connectivity index (χ0) is 12.6.